The van der Waals surface area contributed by atoms with Crippen LogP contribution in [0.1, 0.15) is 27.6 Å². The number of nitrogens with zero attached hydrogens (tertiary/aromatic N) is 2. The van der Waals surface area contributed by atoms with E-state index < -0.39 is 10.0 Å². The summed E-state index contributed by atoms with van der Waals surface area (Å²) >= 11 is 1.89. The number of thioether (sulfide) groups is 1. The molecule has 2 aromatic carbocycles. The number of sulfonamides is 1. The summed E-state index contributed by atoms with van der Waals surface area (Å²) in [5.74, 6) is 0.842. The molecule has 0 radical (unpaired) electrons. The first-order valence-electron chi connectivity index (χ1n) is 10.2. The van der Waals surface area contributed by atoms with Gasteiger partial charge in [0.05, 0.1) is 18.1 Å². The standard InChI is InChI=1S/C22H26N2O4S2/c25-22(23-11-10-21(29-17-14-23)18-4-2-1-3-5-18)19-6-8-20(9-7-19)30(26,27)24-12-15-28-16-13-24/h1-9,21H,10-17H2/t21-/m1/s1. The highest BCUT2D eigenvalue weighted by Gasteiger charge is 2.27. The van der Waals surface area contributed by atoms with Gasteiger partial charge in [-0.2, -0.15) is 16.1 Å². The van der Waals surface area contributed by atoms with E-state index in [2.05, 4.69) is 24.3 Å². The summed E-state index contributed by atoms with van der Waals surface area (Å²) in [5, 5.41) is 0.394. The Morgan fingerprint density at radius 3 is 2.33 bits per heavy atom. The van der Waals surface area contributed by atoms with Crippen molar-refractivity contribution in [2.24, 2.45) is 0 Å². The van der Waals surface area contributed by atoms with E-state index in [-0.39, 0.29) is 10.8 Å². The molecule has 2 aliphatic heterocycles. The highest BCUT2D eigenvalue weighted by atomic mass is 32.2. The molecule has 0 spiro atoms. The molecular formula is C22H26N2O4S2. The van der Waals surface area contributed by atoms with E-state index in [0.717, 1.165) is 12.2 Å². The van der Waals surface area contributed by atoms with Crippen LogP contribution in [0.25, 0.3) is 0 Å². The topological polar surface area (TPSA) is 66.9 Å². The van der Waals surface area contributed by atoms with Gasteiger partial charge in [0.25, 0.3) is 5.91 Å². The van der Waals surface area contributed by atoms with Gasteiger partial charge in [0, 0.05) is 42.7 Å². The van der Waals surface area contributed by atoms with Gasteiger partial charge >= 0.3 is 0 Å². The van der Waals surface area contributed by atoms with E-state index >= 15 is 0 Å². The van der Waals surface area contributed by atoms with Crippen molar-refractivity contribution in [3.63, 3.8) is 0 Å². The number of amides is 1. The minimum absolute atomic E-state index is 0.0420. The number of benzene rings is 2. The predicted molar refractivity (Wildman–Crippen MR) is 118 cm³/mol. The van der Waals surface area contributed by atoms with Gasteiger partial charge in [0.15, 0.2) is 0 Å². The molecule has 0 bridgehead atoms. The van der Waals surface area contributed by atoms with Crippen molar-refractivity contribution in [1.29, 1.82) is 0 Å². The van der Waals surface area contributed by atoms with E-state index in [1.165, 1.54) is 22.0 Å². The van der Waals surface area contributed by atoms with Crippen molar-refractivity contribution in [2.45, 2.75) is 16.6 Å². The second-order valence-corrected chi connectivity index (χ2v) is 10.6. The first-order valence-corrected chi connectivity index (χ1v) is 12.7. The Hall–Kier alpha value is -1.87. The quantitative estimate of drug-likeness (QED) is 0.722. The van der Waals surface area contributed by atoms with Gasteiger partial charge in [-0.3, -0.25) is 4.79 Å². The molecule has 2 saturated heterocycles. The van der Waals surface area contributed by atoms with Gasteiger partial charge in [0.1, 0.15) is 0 Å². The zero-order valence-corrected chi connectivity index (χ0v) is 18.4. The molecule has 2 fully saturated rings. The third-order valence-corrected chi connectivity index (χ3v) is 8.75. The second kappa shape index (κ2) is 9.51. The summed E-state index contributed by atoms with van der Waals surface area (Å²) in [6.45, 7) is 2.92. The lowest BCUT2D eigenvalue weighted by Crippen LogP contribution is -2.40. The Morgan fingerprint density at radius 2 is 1.63 bits per heavy atom. The molecular weight excluding hydrogens is 420 g/mol. The van der Waals surface area contributed by atoms with Crippen LogP contribution in [0, 0.1) is 0 Å². The van der Waals surface area contributed by atoms with Crippen LogP contribution in [0.3, 0.4) is 0 Å². The number of hydrogen-bond acceptors (Lipinski definition) is 5. The van der Waals surface area contributed by atoms with E-state index in [1.54, 1.807) is 12.1 Å². The number of rotatable bonds is 4. The van der Waals surface area contributed by atoms with Crippen LogP contribution in [-0.2, 0) is 14.8 Å². The van der Waals surface area contributed by atoms with Crippen LogP contribution in [-0.4, -0.2) is 68.7 Å². The van der Waals surface area contributed by atoms with E-state index in [1.807, 2.05) is 22.7 Å². The lowest BCUT2D eigenvalue weighted by molar-refractivity contribution is 0.0730. The van der Waals surface area contributed by atoms with E-state index in [0.29, 0.717) is 50.2 Å². The first-order chi connectivity index (χ1) is 14.6. The fourth-order valence-corrected chi connectivity index (χ4v) is 6.44. The van der Waals surface area contributed by atoms with Crippen molar-refractivity contribution in [3.05, 3.63) is 65.7 Å². The van der Waals surface area contributed by atoms with Crippen molar-refractivity contribution >= 4 is 27.7 Å². The molecule has 30 heavy (non-hydrogen) atoms. The van der Waals surface area contributed by atoms with Crippen LogP contribution < -0.4 is 0 Å². The number of carbonyl (C=O) groups is 1. The summed E-state index contributed by atoms with van der Waals surface area (Å²) in [7, 11) is -3.55. The van der Waals surface area contributed by atoms with Crippen molar-refractivity contribution < 1.29 is 17.9 Å². The van der Waals surface area contributed by atoms with Crippen LogP contribution in [0.15, 0.2) is 59.5 Å². The maximum Gasteiger partial charge on any atom is 0.253 e. The molecule has 0 unspecified atom stereocenters. The fourth-order valence-electron chi connectivity index (χ4n) is 3.80. The molecule has 2 heterocycles. The molecule has 1 atom stereocenters. The summed E-state index contributed by atoms with van der Waals surface area (Å²) in [5.41, 5.74) is 1.83. The highest BCUT2D eigenvalue weighted by Crippen LogP contribution is 2.34. The van der Waals surface area contributed by atoms with Crippen molar-refractivity contribution in [3.8, 4) is 0 Å². The zero-order valence-electron chi connectivity index (χ0n) is 16.8. The zero-order chi connectivity index (χ0) is 21.0. The van der Waals surface area contributed by atoms with Gasteiger partial charge in [-0.05, 0) is 36.2 Å². The van der Waals surface area contributed by atoms with Gasteiger partial charge < -0.3 is 9.64 Å². The molecule has 0 aliphatic carbocycles. The van der Waals surface area contributed by atoms with Gasteiger partial charge in [-0.15, -0.1) is 0 Å². The monoisotopic (exact) mass is 446 g/mol. The summed E-state index contributed by atoms with van der Waals surface area (Å²) in [6, 6.07) is 16.7. The number of ether oxygens (including phenoxy) is 1. The molecule has 1 amide bonds. The maximum atomic E-state index is 13.0. The molecule has 8 heteroatoms. The van der Waals surface area contributed by atoms with Crippen LogP contribution >= 0.6 is 11.8 Å². The fraction of sp³-hybridized carbons (Fsp3) is 0.409. The predicted octanol–water partition coefficient (Wildman–Crippen LogP) is 3.03. The Bertz CT molecular complexity index is 958. The molecule has 4 rings (SSSR count). The lowest BCUT2D eigenvalue weighted by Gasteiger charge is -2.26. The molecule has 2 aliphatic rings. The Labute approximate surface area is 182 Å². The van der Waals surface area contributed by atoms with Crippen LogP contribution in [0.5, 0.6) is 0 Å². The van der Waals surface area contributed by atoms with Crippen LogP contribution in [0.4, 0.5) is 0 Å². The Morgan fingerprint density at radius 1 is 0.933 bits per heavy atom. The lowest BCUT2D eigenvalue weighted by atomic mass is 10.1. The molecule has 160 valence electrons. The maximum absolute atomic E-state index is 13.0. The first kappa shape index (κ1) is 21.4. The largest absolute Gasteiger partial charge is 0.379 e. The van der Waals surface area contributed by atoms with Crippen LogP contribution in [0.2, 0.25) is 0 Å². The average molecular weight is 447 g/mol. The number of morpholine rings is 1. The molecule has 0 N–H and O–H groups in total. The van der Waals surface area contributed by atoms with Crippen molar-refractivity contribution in [1.82, 2.24) is 9.21 Å². The van der Waals surface area contributed by atoms with Gasteiger partial charge in [0.2, 0.25) is 10.0 Å². The van der Waals surface area contributed by atoms with Gasteiger partial charge in [-0.1, -0.05) is 30.3 Å². The molecule has 6 nitrogen and oxygen atoms in total. The highest BCUT2D eigenvalue weighted by molar-refractivity contribution is 7.99. The summed E-state index contributed by atoms with van der Waals surface area (Å²) in [4.78, 5) is 15.1. The Balaban J connectivity index is 1.42. The third-order valence-electron chi connectivity index (χ3n) is 5.51. The second-order valence-electron chi connectivity index (χ2n) is 7.39. The van der Waals surface area contributed by atoms with E-state index in [4.69, 9.17) is 4.74 Å². The molecule has 2 aromatic rings. The SMILES string of the molecule is O=C(c1ccc(S(=O)(=O)N2CCOCC2)cc1)N1CCS[C@@H](c2ccccc2)CC1. The number of carbonyl (C=O) groups excluding carboxylic acids is 1. The molecule has 0 saturated carbocycles. The normalized spacial score (nSPS) is 21.2. The van der Waals surface area contributed by atoms with Crippen molar-refractivity contribution in [2.75, 3.05) is 45.1 Å². The Kier molecular flexibility index (Phi) is 6.77. The third kappa shape index (κ3) is 4.72. The molecule has 0 aromatic heterocycles. The minimum atomic E-state index is -3.55. The summed E-state index contributed by atoms with van der Waals surface area (Å²) in [6.07, 6.45) is 0.907. The minimum Gasteiger partial charge on any atom is -0.379 e. The van der Waals surface area contributed by atoms with E-state index in [9.17, 15) is 13.2 Å². The summed E-state index contributed by atoms with van der Waals surface area (Å²) < 4.78 is 32.2. The average Bonchev–Trinajstić information content (AvgIpc) is 3.06. The van der Waals surface area contributed by atoms with Gasteiger partial charge in [-0.25, -0.2) is 8.42 Å². The smallest absolute Gasteiger partial charge is 0.253 e. The number of hydrogen-bond donors (Lipinski definition) is 0.